The molecule has 0 radical (unpaired) electrons. The van der Waals surface area contributed by atoms with Gasteiger partial charge in [0.1, 0.15) is 42.9 Å². The van der Waals surface area contributed by atoms with Crippen LogP contribution in [0.25, 0.3) is 0 Å². The average molecular weight is 1350 g/mol. The normalized spacial score (nSPS) is 29.2. The first kappa shape index (κ1) is 78.5. The quantitative estimate of drug-likeness (QED) is 0.157. The van der Waals surface area contributed by atoms with Crippen LogP contribution in [-0.4, -0.2) is 154 Å². The van der Waals surface area contributed by atoms with Crippen molar-refractivity contribution in [3.8, 4) is 0 Å². The van der Waals surface area contributed by atoms with Crippen molar-refractivity contribution in [2.75, 3.05) is 0 Å². The van der Waals surface area contributed by atoms with E-state index >= 15 is 0 Å². The van der Waals surface area contributed by atoms with Gasteiger partial charge in [-0.15, -0.1) is 0 Å². The molecule has 0 bridgehead atoms. The number of carbonyl (C=O) groups is 6. The summed E-state index contributed by atoms with van der Waals surface area (Å²) in [6, 6.07) is 7.08. The Hall–Kier alpha value is -2.92. The summed E-state index contributed by atoms with van der Waals surface area (Å²) in [6.07, 6.45) is 34.6. The van der Waals surface area contributed by atoms with E-state index in [0.717, 1.165) is 178 Å². The third kappa shape index (κ3) is 17.7. The first-order chi connectivity index (χ1) is 40.4. The van der Waals surface area contributed by atoms with Gasteiger partial charge in [0.05, 0.1) is 12.1 Å². The highest BCUT2D eigenvalue weighted by Gasteiger charge is 2.56. The number of carbonyl (C=O) groups excluding carboxylic acids is 5. The zero-order valence-corrected chi connectivity index (χ0v) is 60.1. The Bertz CT molecular complexity index is 2480. The SMILES string of the molecule is CCCC1C(=O)N(C2CCCCC2)C(=NC2CCCCC2)N1[C@@H](C)C(=O)N1[C@H](C(=O)O)C[C@@H]2CCCC[C@@H]21.CCCC1C(=O)N(C2CCCCC2)C(=NC2CCCCC2)N1[C@@H](C)C(=O)N1[C@H](C(=O)OCc2ccccc2)C[C@@H]2CCCC[C@@H]21.S.S.S.S.S.S. The molecule has 10 fully saturated rings. The zero-order chi connectivity index (χ0) is 58.1. The molecule has 10 atom stereocenters. The maximum atomic E-state index is 14.8. The maximum absolute atomic E-state index is 14.8. The number of benzene rings is 1. The van der Waals surface area contributed by atoms with Crippen LogP contribution in [0.5, 0.6) is 0 Å². The average Bonchev–Trinajstić information content (AvgIpc) is 1.64. The minimum absolute atomic E-state index is 0. The molecule has 506 valence electrons. The highest BCUT2D eigenvalue weighted by molar-refractivity contribution is 7.60. The van der Waals surface area contributed by atoms with Crippen LogP contribution in [0.1, 0.15) is 252 Å². The first-order valence-electron chi connectivity index (χ1n) is 33.9. The lowest BCUT2D eigenvalue weighted by atomic mass is 9.84. The molecule has 0 aromatic heterocycles. The Labute approximate surface area is 575 Å². The van der Waals surface area contributed by atoms with E-state index in [0.29, 0.717) is 37.6 Å². The van der Waals surface area contributed by atoms with Gasteiger partial charge in [0, 0.05) is 24.2 Å². The molecule has 1 aromatic carbocycles. The number of hydrogen-bond donors (Lipinski definition) is 1. The molecular formula is C67H114N8O8S6. The summed E-state index contributed by atoms with van der Waals surface area (Å²) in [7, 11) is 0. The predicted molar refractivity (Wildman–Crippen MR) is 384 cm³/mol. The van der Waals surface area contributed by atoms with Crippen molar-refractivity contribution in [1.82, 2.24) is 29.4 Å². The molecule has 2 unspecified atom stereocenters. The molecule has 11 rings (SSSR count). The van der Waals surface area contributed by atoms with Crippen molar-refractivity contribution in [3.63, 3.8) is 0 Å². The zero-order valence-electron chi connectivity index (χ0n) is 54.1. The Morgan fingerprint density at radius 3 is 1.26 bits per heavy atom. The third-order valence-corrected chi connectivity index (χ3v) is 21.4. The number of fused-ring (bicyclic) bond motifs is 2. The lowest BCUT2D eigenvalue weighted by molar-refractivity contribution is -0.157. The molecule has 1 N–H and O–H groups in total. The molecule has 0 spiro atoms. The topological polar surface area (TPSA) is 176 Å². The van der Waals surface area contributed by atoms with Gasteiger partial charge in [-0.25, -0.2) is 19.6 Å². The summed E-state index contributed by atoms with van der Waals surface area (Å²) in [5.41, 5.74) is 0.942. The van der Waals surface area contributed by atoms with E-state index in [1.54, 1.807) is 4.90 Å². The summed E-state index contributed by atoms with van der Waals surface area (Å²) in [5, 5.41) is 10.1. The Kier molecular flexibility index (Phi) is 32.9. The second-order valence-electron chi connectivity index (χ2n) is 26.9. The van der Waals surface area contributed by atoms with E-state index < -0.39 is 42.2 Å². The van der Waals surface area contributed by atoms with Crippen LogP contribution < -0.4 is 0 Å². The van der Waals surface area contributed by atoms with Gasteiger partial charge >= 0.3 is 11.9 Å². The number of amides is 4. The van der Waals surface area contributed by atoms with Crippen molar-refractivity contribution < 1.29 is 38.6 Å². The van der Waals surface area contributed by atoms with Crippen LogP contribution in [0.3, 0.4) is 0 Å². The van der Waals surface area contributed by atoms with Gasteiger partial charge in [0.2, 0.25) is 23.7 Å². The van der Waals surface area contributed by atoms with E-state index in [1.807, 2.05) is 63.8 Å². The smallest absolute Gasteiger partial charge is 0.329 e. The van der Waals surface area contributed by atoms with Gasteiger partial charge in [-0.1, -0.05) is 160 Å². The van der Waals surface area contributed by atoms with Crippen LogP contribution in [-0.2, 0) is 40.1 Å². The van der Waals surface area contributed by atoms with Crippen LogP contribution in [0.15, 0.2) is 40.3 Å². The Balaban J connectivity index is 0.000000361. The lowest BCUT2D eigenvalue weighted by Gasteiger charge is -2.39. The van der Waals surface area contributed by atoms with Crippen molar-refractivity contribution in [1.29, 1.82) is 0 Å². The first-order valence-corrected chi connectivity index (χ1v) is 33.9. The molecule has 6 saturated carbocycles. The van der Waals surface area contributed by atoms with Gasteiger partial charge in [0.25, 0.3) is 11.8 Å². The molecule has 1 aromatic rings. The molecule has 10 aliphatic rings. The van der Waals surface area contributed by atoms with E-state index in [9.17, 15) is 33.9 Å². The number of guanidine groups is 2. The molecular weight excluding hydrogens is 1240 g/mol. The molecule has 4 amide bonds. The molecule has 4 heterocycles. The van der Waals surface area contributed by atoms with E-state index in [1.165, 1.54) is 25.7 Å². The molecule has 4 aliphatic heterocycles. The molecule has 4 saturated heterocycles. The number of esters is 1. The fourth-order valence-electron chi connectivity index (χ4n) is 17.1. The van der Waals surface area contributed by atoms with Gasteiger partial charge in [-0.05, 0) is 134 Å². The Morgan fingerprint density at radius 1 is 0.506 bits per heavy atom. The number of rotatable bonds is 16. The van der Waals surface area contributed by atoms with Gasteiger partial charge < -0.3 is 29.4 Å². The minimum Gasteiger partial charge on any atom is -0.480 e. The van der Waals surface area contributed by atoms with Crippen molar-refractivity contribution in [3.05, 3.63) is 35.9 Å². The highest BCUT2D eigenvalue weighted by Crippen LogP contribution is 2.44. The standard InChI is InChI=1S/C37H54N4O4.C30H48N4O4.6H2S/c1-3-15-32-35(43)40(30-21-11-6-12-22-30)37(38-29-19-9-5-10-20-29)39(32)26(2)34(42)41-31-23-14-13-18-28(31)24-33(41)36(44)45-25-27-16-7-4-8-17-27;1-3-12-25-28(36)33(23-16-8-5-9-17-23)30(31-22-14-6-4-7-15-22)32(25)20(2)27(35)34-24-18-11-10-13-21(24)19-26(34)29(37)38;;;;;;/h4,7-8,16-17,26,28-33H,3,5-6,9-15,18-25H2,1-2H3;20-26H,3-19H2,1-2H3,(H,37,38);6*1H2/t26-,28-,31-,32?,33-;20-,21-,24-,25?,26-;;;;;;/m00....../s1. The number of nitrogens with zero attached hydrogens (tertiary/aromatic N) is 8. The second-order valence-corrected chi connectivity index (χ2v) is 26.9. The van der Waals surface area contributed by atoms with Crippen LogP contribution in [0.2, 0.25) is 0 Å². The largest absolute Gasteiger partial charge is 0.480 e. The van der Waals surface area contributed by atoms with E-state index in [4.69, 9.17) is 14.7 Å². The number of aliphatic carboxylic acids is 1. The monoisotopic (exact) mass is 1350 g/mol. The number of hydrogen-bond acceptors (Lipinski definition) is 9. The maximum Gasteiger partial charge on any atom is 0.329 e. The molecule has 16 nitrogen and oxygen atoms in total. The van der Waals surface area contributed by atoms with Crippen LogP contribution >= 0.6 is 81.0 Å². The fourth-order valence-corrected chi connectivity index (χ4v) is 17.1. The van der Waals surface area contributed by atoms with Crippen molar-refractivity contribution in [2.24, 2.45) is 21.8 Å². The number of ether oxygens (including phenoxy) is 1. The predicted octanol–water partition coefficient (Wildman–Crippen LogP) is 12.2. The summed E-state index contributed by atoms with van der Waals surface area (Å²) in [6.45, 7) is 8.27. The van der Waals surface area contributed by atoms with Crippen LogP contribution in [0, 0.1) is 11.8 Å². The lowest BCUT2D eigenvalue weighted by Crippen LogP contribution is -2.56. The summed E-state index contributed by atoms with van der Waals surface area (Å²) in [5.74, 6) is 0.836. The second kappa shape index (κ2) is 37.2. The summed E-state index contributed by atoms with van der Waals surface area (Å²) < 4.78 is 5.87. The molecule has 89 heavy (non-hydrogen) atoms. The van der Waals surface area contributed by atoms with Gasteiger partial charge in [-0.3, -0.25) is 29.0 Å². The van der Waals surface area contributed by atoms with Crippen LogP contribution in [0.4, 0.5) is 0 Å². The minimum atomic E-state index is -0.900. The highest BCUT2D eigenvalue weighted by atomic mass is 32.1. The molecule has 22 heteroatoms. The third-order valence-electron chi connectivity index (χ3n) is 21.4. The number of carboxylic acid groups (broad SMARTS) is 1. The number of carboxylic acids is 1. The van der Waals surface area contributed by atoms with E-state index in [-0.39, 0.29) is 159 Å². The van der Waals surface area contributed by atoms with Gasteiger partial charge in [-0.2, -0.15) is 81.0 Å². The number of aliphatic imine (C=N–C) groups is 2. The fraction of sp³-hybridized carbons (Fsp3) is 0.791. The van der Waals surface area contributed by atoms with E-state index in [2.05, 4.69) is 18.7 Å². The summed E-state index contributed by atoms with van der Waals surface area (Å²) >= 11 is 0. The summed E-state index contributed by atoms with van der Waals surface area (Å²) in [4.78, 5) is 106. The van der Waals surface area contributed by atoms with Crippen molar-refractivity contribution >= 4 is 128 Å². The van der Waals surface area contributed by atoms with Gasteiger partial charge in [0.15, 0.2) is 0 Å². The number of likely N-dealkylation sites (tertiary alicyclic amines) is 2. The van der Waals surface area contributed by atoms with Crippen molar-refractivity contribution in [2.45, 2.75) is 325 Å². The molecule has 6 aliphatic carbocycles. The Morgan fingerprint density at radius 2 is 0.865 bits per heavy atom.